The van der Waals surface area contributed by atoms with Crippen LogP contribution in [0.2, 0.25) is 0 Å². The van der Waals surface area contributed by atoms with Crippen molar-refractivity contribution in [2.75, 3.05) is 7.11 Å². The van der Waals surface area contributed by atoms with Gasteiger partial charge in [0.25, 0.3) is 0 Å². The number of unbranched alkanes of at least 4 members (excludes halogenated alkanes) is 7. The number of carbonyl (C=O) groups excluding carboxylic acids is 1. The van der Waals surface area contributed by atoms with Crippen LogP contribution in [0, 0.1) is 11.8 Å². The van der Waals surface area contributed by atoms with E-state index in [1.807, 2.05) is 6.92 Å². The van der Waals surface area contributed by atoms with Crippen molar-refractivity contribution in [3.8, 4) is 11.8 Å². The molecule has 0 N–H and O–H groups in total. The first kappa shape index (κ1) is 21.3. The van der Waals surface area contributed by atoms with Gasteiger partial charge in [-0.3, -0.25) is 4.79 Å². The topological polar surface area (TPSA) is 26.3 Å². The Morgan fingerprint density at radius 1 is 1.16 bits per heavy atom. The van der Waals surface area contributed by atoms with Crippen molar-refractivity contribution < 1.29 is 9.53 Å². The van der Waals surface area contributed by atoms with Crippen molar-refractivity contribution in [1.29, 1.82) is 0 Å². The molecule has 1 aliphatic rings. The highest BCUT2D eigenvalue weighted by atomic mass is 16.5. The van der Waals surface area contributed by atoms with Crippen molar-refractivity contribution in [1.82, 2.24) is 0 Å². The predicted molar refractivity (Wildman–Crippen MR) is 106 cm³/mol. The zero-order valence-electron chi connectivity index (χ0n) is 16.2. The summed E-state index contributed by atoms with van der Waals surface area (Å²) in [6, 6.07) is 0. The van der Waals surface area contributed by atoms with E-state index < -0.39 is 0 Å². The number of carbonyl (C=O) groups is 1. The molecule has 0 saturated carbocycles. The number of ether oxygens (including phenoxy) is 1. The molecule has 0 aromatic heterocycles. The van der Waals surface area contributed by atoms with Crippen LogP contribution in [0.1, 0.15) is 84.0 Å². The van der Waals surface area contributed by atoms with E-state index in [9.17, 15) is 4.79 Å². The molecular weight excluding hydrogens is 308 g/mol. The van der Waals surface area contributed by atoms with Crippen LogP contribution in [0.15, 0.2) is 35.5 Å². The van der Waals surface area contributed by atoms with Crippen LogP contribution in [0.4, 0.5) is 0 Å². The molecule has 0 fully saturated rings. The van der Waals surface area contributed by atoms with E-state index in [2.05, 4.69) is 35.3 Å². The summed E-state index contributed by atoms with van der Waals surface area (Å²) < 4.78 is 4.63. The Morgan fingerprint density at radius 3 is 2.68 bits per heavy atom. The first-order valence-electron chi connectivity index (χ1n) is 9.72. The minimum Gasteiger partial charge on any atom is -0.469 e. The molecule has 0 bridgehead atoms. The molecule has 0 atom stereocenters. The van der Waals surface area contributed by atoms with Crippen LogP contribution < -0.4 is 0 Å². The smallest absolute Gasteiger partial charge is 0.305 e. The fourth-order valence-corrected chi connectivity index (χ4v) is 2.71. The van der Waals surface area contributed by atoms with Gasteiger partial charge in [0.2, 0.25) is 0 Å². The van der Waals surface area contributed by atoms with E-state index in [0.717, 1.165) is 37.7 Å². The summed E-state index contributed by atoms with van der Waals surface area (Å²) >= 11 is 0. The Morgan fingerprint density at radius 2 is 1.92 bits per heavy atom. The minimum atomic E-state index is -0.0947. The summed E-state index contributed by atoms with van der Waals surface area (Å²) in [5, 5.41) is 0. The molecule has 0 saturated heterocycles. The molecule has 138 valence electrons. The van der Waals surface area contributed by atoms with Crippen LogP contribution in [0.25, 0.3) is 0 Å². The lowest BCUT2D eigenvalue weighted by Crippen LogP contribution is -1.99. The van der Waals surface area contributed by atoms with Gasteiger partial charge in [0, 0.05) is 24.8 Å². The Bertz CT molecular complexity index is 540. The highest BCUT2D eigenvalue weighted by molar-refractivity contribution is 5.68. The maximum atomic E-state index is 11.0. The lowest BCUT2D eigenvalue weighted by molar-refractivity contribution is -0.140. The highest BCUT2D eigenvalue weighted by Crippen LogP contribution is 2.34. The average Bonchev–Trinajstić information content (AvgIpc) is 3.34. The van der Waals surface area contributed by atoms with Crippen LogP contribution in [0.3, 0.4) is 0 Å². The summed E-state index contributed by atoms with van der Waals surface area (Å²) in [6.45, 7) is 5.89. The molecule has 0 radical (unpaired) electrons. The molecule has 2 nitrogen and oxygen atoms in total. The molecule has 0 aromatic rings. The zero-order valence-corrected chi connectivity index (χ0v) is 16.2. The molecular formula is C23H34O2. The van der Waals surface area contributed by atoms with Gasteiger partial charge in [-0.1, -0.05) is 61.0 Å². The summed E-state index contributed by atoms with van der Waals surface area (Å²) in [7, 11) is 1.45. The minimum absolute atomic E-state index is 0.0947. The second-order valence-electron chi connectivity index (χ2n) is 6.90. The molecule has 1 aliphatic carbocycles. The lowest BCUT2D eigenvalue weighted by atomic mass is 10.1. The fraction of sp³-hybridized carbons (Fsp3) is 0.609. The average molecular weight is 343 g/mol. The van der Waals surface area contributed by atoms with Gasteiger partial charge in [0.1, 0.15) is 0 Å². The van der Waals surface area contributed by atoms with Gasteiger partial charge < -0.3 is 4.74 Å². The second-order valence-corrected chi connectivity index (χ2v) is 6.90. The normalized spacial score (nSPS) is 12.9. The first-order valence-corrected chi connectivity index (χ1v) is 9.72. The number of allylic oxidation sites excluding steroid dienone is 5. The first-order chi connectivity index (χ1) is 12.1. The number of rotatable bonds is 13. The summed E-state index contributed by atoms with van der Waals surface area (Å²) in [6.07, 6.45) is 17.6. The maximum Gasteiger partial charge on any atom is 0.305 e. The molecule has 25 heavy (non-hydrogen) atoms. The summed E-state index contributed by atoms with van der Waals surface area (Å²) in [4.78, 5) is 11.0. The van der Waals surface area contributed by atoms with Gasteiger partial charge in [-0.05, 0) is 45.4 Å². The number of hydrogen-bond donors (Lipinski definition) is 0. The van der Waals surface area contributed by atoms with Crippen molar-refractivity contribution in [3.05, 3.63) is 35.5 Å². The third-order valence-corrected chi connectivity index (χ3v) is 4.34. The van der Waals surface area contributed by atoms with E-state index in [1.165, 1.54) is 51.2 Å². The zero-order chi connectivity index (χ0) is 18.3. The number of esters is 1. The Balaban J connectivity index is 1.95. The maximum absolute atomic E-state index is 11.0. The van der Waals surface area contributed by atoms with Crippen LogP contribution in [0.5, 0.6) is 0 Å². The van der Waals surface area contributed by atoms with Gasteiger partial charge in [-0.15, -0.1) is 0 Å². The number of methoxy groups -OCH3 is 1. The molecule has 2 heteroatoms. The Labute approximate surface area is 154 Å². The molecule has 0 unspecified atom stereocenters. The fourth-order valence-electron chi connectivity index (χ4n) is 2.71. The Kier molecular flexibility index (Phi) is 11.5. The summed E-state index contributed by atoms with van der Waals surface area (Å²) in [5.41, 5.74) is 4.11. The molecule has 1 rings (SSSR count). The SMILES string of the molecule is C=C(C)C=CCCCCC1=C(C#CCCCCCCCC(=O)OC)C1. The highest BCUT2D eigenvalue weighted by Gasteiger charge is 2.17. The molecule has 0 spiro atoms. The number of hydrogen-bond acceptors (Lipinski definition) is 2. The van der Waals surface area contributed by atoms with Gasteiger partial charge in [0.15, 0.2) is 0 Å². The van der Waals surface area contributed by atoms with E-state index in [1.54, 1.807) is 5.57 Å². The third kappa shape index (κ3) is 12.3. The van der Waals surface area contributed by atoms with Crippen LogP contribution >= 0.6 is 0 Å². The molecule has 0 aromatic carbocycles. The van der Waals surface area contributed by atoms with Crippen molar-refractivity contribution in [2.24, 2.45) is 0 Å². The van der Waals surface area contributed by atoms with Crippen molar-refractivity contribution in [2.45, 2.75) is 84.0 Å². The van der Waals surface area contributed by atoms with E-state index in [4.69, 9.17) is 0 Å². The van der Waals surface area contributed by atoms with Gasteiger partial charge in [-0.2, -0.15) is 0 Å². The van der Waals surface area contributed by atoms with Crippen molar-refractivity contribution in [3.63, 3.8) is 0 Å². The predicted octanol–water partition coefficient (Wildman–Crippen LogP) is 6.29. The third-order valence-electron chi connectivity index (χ3n) is 4.34. The molecule has 0 aliphatic heterocycles. The van der Waals surface area contributed by atoms with Crippen LogP contribution in [-0.2, 0) is 9.53 Å². The van der Waals surface area contributed by atoms with Crippen LogP contribution in [-0.4, -0.2) is 13.1 Å². The van der Waals surface area contributed by atoms with E-state index in [0.29, 0.717) is 6.42 Å². The molecule has 0 heterocycles. The van der Waals surface area contributed by atoms with Gasteiger partial charge in [0.05, 0.1) is 7.11 Å². The van der Waals surface area contributed by atoms with E-state index >= 15 is 0 Å². The second kappa shape index (κ2) is 13.5. The van der Waals surface area contributed by atoms with Gasteiger partial charge >= 0.3 is 5.97 Å². The lowest BCUT2D eigenvalue weighted by Gasteiger charge is -1.99. The Hall–Kier alpha value is -1.75. The van der Waals surface area contributed by atoms with Crippen molar-refractivity contribution >= 4 is 5.97 Å². The molecule has 0 amide bonds. The monoisotopic (exact) mass is 342 g/mol. The largest absolute Gasteiger partial charge is 0.469 e. The standard InChI is InChI=1S/C23H34O2/c1-20(2)15-11-9-10-13-17-22-19-21(22)16-12-7-5-4-6-8-14-18-23(24)25-3/h11,15H,1,4-10,13-14,17-19H2,2-3H3. The quantitative estimate of drug-likeness (QED) is 0.170. The summed E-state index contributed by atoms with van der Waals surface area (Å²) in [5.74, 6) is 6.56. The van der Waals surface area contributed by atoms with Gasteiger partial charge in [-0.25, -0.2) is 0 Å². The van der Waals surface area contributed by atoms with E-state index in [-0.39, 0.29) is 5.97 Å².